The molecule has 0 aliphatic rings. The molecule has 22 heavy (non-hydrogen) atoms. The van der Waals surface area contributed by atoms with Crippen molar-refractivity contribution in [2.45, 2.75) is 0 Å². The zero-order valence-corrected chi connectivity index (χ0v) is 14.0. The van der Waals surface area contributed by atoms with Crippen LogP contribution in [0.15, 0.2) is 29.4 Å². The number of nitrogens with one attached hydrogen (secondary N) is 1. The Morgan fingerprint density at radius 2 is 1.91 bits per heavy atom. The van der Waals surface area contributed by atoms with Crippen molar-refractivity contribution in [3.63, 3.8) is 0 Å². The average Bonchev–Trinajstić information content (AvgIpc) is 2.51. The Morgan fingerprint density at radius 1 is 1.14 bits per heavy atom. The monoisotopic (exact) mass is 359 g/mol. The van der Waals surface area contributed by atoms with Crippen LogP contribution in [-0.2, 0) is 0 Å². The summed E-state index contributed by atoms with van der Waals surface area (Å²) >= 11 is 17.7. The molecular weight excluding hydrogens is 349 g/mol. The summed E-state index contributed by atoms with van der Waals surface area (Å²) in [5, 5.41) is 4.79. The predicted molar refractivity (Wildman–Crippen MR) is 90.0 cm³/mol. The molecule has 1 heterocycles. The molecule has 0 unspecified atom stereocenters. The number of ether oxygens (including phenoxy) is 2. The average molecular weight is 361 g/mol. The molecule has 0 amide bonds. The minimum absolute atomic E-state index is 0.141. The number of pyridine rings is 1. The molecule has 1 aromatic heterocycles. The van der Waals surface area contributed by atoms with Crippen LogP contribution in [0.5, 0.6) is 11.5 Å². The first-order valence-corrected chi connectivity index (χ1v) is 7.21. The van der Waals surface area contributed by atoms with Gasteiger partial charge in [0.15, 0.2) is 17.3 Å². The highest BCUT2D eigenvalue weighted by Gasteiger charge is 2.09. The molecule has 0 spiro atoms. The van der Waals surface area contributed by atoms with E-state index in [1.807, 2.05) is 12.1 Å². The van der Waals surface area contributed by atoms with E-state index in [2.05, 4.69) is 15.5 Å². The number of methoxy groups -OCH3 is 2. The van der Waals surface area contributed by atoms with Gasteiger partial charge in [-0.05, 0) is 18.2 Å². The van der Waals surface area contributed by atoms with Crippen LogP contribution in [0.25, 0.3) is 0 Å². The summed E-state index contributed by atoms with van der Waals surface area (Å²) in [6.45, 7) is 0. The predicted octanol–water partition coefficient (Wildman–Crippen LogP) is 4.51. The smallest absolute Gasteiger partial charge is 0.169 e. The topological polar surface area (TPSA) is 55.7 Å². The van der Waals surface area contributed by atoms with Gasteiger partial charge < -0.3 is 9.47 Å². The molecule has 5 nitrogen and oxygen atoms in total. The van der Waals surface area contributed by atoms with Crippen LogP contribution in [0.2, 0.25) is 15.2 Å². The lowest BCUT2D eigenvalue weighted by atomic mass is 10.2. The molecule has 0 aliphatic carbocycles. The molecule has 2 aromatic rings. The Kier molecular flexibility index (Phi) is 5.71. The fraction of sp³-hybridized carbons (Fsp3) is 0.143. The number of anilines is 1. The van der Waals surface area contributed by atoms with E-state index in [1.54, 1.807) is 26.5 Å². The summed E-state index contributed by atoms with van der Waals surface area (Å²) in [4.78, 5) is 4.00. The van der Waals surface area contributed by atoms with E-state index >= 15 is 0 Å². The van der Waals surface area contributed by atoms with Gasteiger partial charge in [0.2, 0.25) is 0 Å². The number of hydrogen-bond donors (Lipinski definition) is 1. The molecule has 1 N–H and O–H groups in total. The van der Waals surface area contributed by atoms with Crippen LogP contribution in [0.4, 0.5) is 5.82 Å². The van der Waals surface area contributed by atoms with Crippen molar-refractivity contribution in [3.8, 4) is 11.5 Å². The van der Waals surface area contributed by atoms with E-state index in [0.29, 0.717) is 22.3 Å². The minimum atomic E-state index is 0.141. The van der Waals surface area contributed by atoms with E-state index in [0.717, 1.165) is 5.56 Å². The van der Waals surface area contributed by atoms with Crippen LogP contribution >= 0.6 is 34.8 Å². The molecular formula is C14H12Cl3N3O2. The number of para-hydroxylation sites is 1. The third-order valence-electron chi connectivity index (χ3n) is 2.69. The van der Waals surface area contributed by atoms with Crippen molar-refractivity contribution in [1.29, 1.82) is 0 Å². The first-order valence-electron chi connectivity index (χ1n) is 6.08. The highest BCUT2D eigenvalue weighted by molar-refractivity contribution is 6.42. The molecule has 0 fully saturated rings. The summed E-state index contributed by atoms with van der Waals surface area (Å²) in [6, 6.07) is 6.94. The SMILES string of the molecule is COc1cccc(/C=N\Nc2nc(Cl)c(Cl)cc2Cl)c1OC. The molecule has 116 valence electrons. The number of aromatic nitrogens is 1. The fourth-order valence-corrected chi connectivity index (χ4v) is 2.24. The molecule has 0 atom stereocenters. The van der Waals surface area contributed by atoms with Gasteiger partial charge in [-0.25, -0.2) is 4.98 Å². The summed E-state index contributed by atoms with van der Waals surface area (Å²) < 4.78 is 10.5. The van der Waals surface area contributed by atoms with Crippen molar-refractivity contribution in [1.82, 2.24) is 4.98 Å². The van der Waals surface area contributed by atoms with Crippen molar-refractivity contribution in [2.75, 3.05) is 19.6 Å². The van der Waals surface area contributed by atoms with Crippen LogP contribution < -0.4 is 14.9 Å². The van der Waals surface area contributed by atoms with Crippen LogP contribution in [-0.4, -0.2) is 25.4 Å². The second kappa shape index (κ2) is 7.54. The number of hydrogen-bond acceptors (Lipinski definition) is 5. The highest BCUT2D eigenvalue weighted by Crippen LogP contribution is 2.30. The van der Waals surface area contributed by atoms with Gasteiger partial charge in [0.05, 0.1) is 30.5 Å². The van der Waals surface area contributed by atoms with Gasteiger partial charge in [-0.1, -0.05) is 40.9 Å². The molecule has 0 saturated carbocycles. The van der Waals surface area contributed by atoms with Gasteiger partial charge in [0.1, 0.15) is 5.15 Å². The molecule has 8 heteroatoms. The van der Waals surface area contributed by atoms with Crippen molar-refractivity contribution in [3.05, 3.63) is 45.0 Å². The van der Waals surface area contributed by atoms with Crippen LogP contribution in [0.3, 0.4) is 0 Å². The standard InChI is InChI=1S/C14H12Cl3N3O2/c1-21-11-5-3-4-8(12(11)22-2)7-18-20-14-10(16)6-9(15)13(17)19-14/h3-7H,1-2H3,(H,19,20)/b18-7-. The Bertz CT molecular complexity index is 708. The first kappa shape index (κ1) is 16.7. The van der Waals surface area contributed by atoms with Gasteiger partial charge in [-0.15, -0.1) is 0 Å². The first-order chi connectivity index (χ1) is 10.6. The van der Waals surface area contributed by atoms with Crippen LogP contribution in [0, 0.1) is 0 Å². The van der Waals surface area contributed by atoms with Crippen molar-refractivity contribution >= 4 is 46.8 Å². The van der Waals surface area contributed by atoms with Crippen LogP contribution in [0.1, 0.15) is 5.56 Å². The Morgan fingerprint density at radius 3 is 2.59 bits per heavy atom. The second-order valence-electron chi connectivity index (χ2n) is 4.04. The van der Waals surface area contributed by atoms with Gasteiger partial charge >= 0.3 is 0 Å². The van der Waals surface area contributed by atoms with Gasteiger partial charge in [-0.2, -0.15) is 5.10 Å². The third kappa shape index (κ3) is 3.74. The molecule has 2 rings (SSSR count). The maximum Gasteiger partial charge on any atom is 0.169 e. The van der Waals surface area contributed by atoms with Gasteiger partial charge in [0.25, 0.3) is 0 Å². The fourth-order valence-electron chi connectivity index (χ4n) is 1.70. The largest absolute Gasteiger partial charge is 0.493 e. The van der Waals surface area contributed by atoms with E-state index in [9.17, 15) is 0 Å². The van der Waals surface area contributed by atoms with Gasteiger partial charge in [0, 0.05) is 5.56 Å². The Labute approximate surface area is 142 Å². The van der Waals surface area contributed by atoms with Gasteiger partial charge in [-0.3, -0.25) is 5.43 Å². The zero-order valence-electron chi connectivity index (χ0n) is 11.7. The molecule has 0 radical (unpaired) electrons. The summed E-state index contributed by atoms with van der Waals surface area (Å²) in [7, 11) is 3.12. The summed E-state index contributed by atoms with van der Waals surface area (Å²) in [5.74, 6) is 1.48. The lowest BCUT2D eigenvalue weighted by Crippen LogP contribution is -1.98. The number of halogens is 3. The number of hydrazone groups is 1. The number of rotatable bonds is 5. The lowest BCUT2D eigenvalue weighted by Gasteiger charge is -2.09. The molecule has 0 saturated heterocycles. The number of benzene rings is 1. The lowest BCUT2D eigenvalue weighted by molar-refractivity contribution is 0.354. The summed E-state index contributed by atoms with van der Waals surface area (Å²) in [5.41, 5.74) is 3.43. The highest BCUT2D eigenvalue weighted by atomic mass is 35.5. The minimum Gasteiger partial charge on any atom is -0.493 e. The second-order valence-corrected chi connectivity index (χ2v) is 5.22. The maximum absolute atomic E-state index is 6.00. The van der Waals surface area contributed by atoms with E-state index in [1.165, 1.54) is 6.07 Å². The molecule has 0 bridgehead atoms. The van der Waals surface area contributed by atoms with E-state index < -0.39 is 0 Å². The van der Waals surface area contributed by atoms with Crippen molar-refractivity contribution < 1.29 is 9.47 Å². The number of nitrogens with zero attached hydrogens (tertiary/aromatic N) is 2. The Hall–Kier alpha value is -1.69. The third-order valence-corrected chi connectivity index (χ3v) is 3.66. The maximum atomic E-state index is 6.00. The summed E-state index contributed by atoms with van der Waals surface area (Å²) in [6.07, 6.45) is 1.56. The quantitative estimate of drug-likeness (QED) is 0.484. The Balaban J connectivity index is 2.22. The molecule has 0 aliphatic heterocycles. The molecule has 1 aromatic carbocycles. The van der Waals surface area contributed by atoms with E-state index in [4.69, 9.17) is 44.3 Å². The van der Waals surface area contributed by atoms with E-state index in [-0.39, 0.29) is 10.2 Å². The normalized spacial score (nSPS) is 10.8. The zero-order chi connectivity index (χ0) is 16.1. The van der Waals surface area contributed by atoms with Crippen molar-refractivity contribution in [2.24, 2.45) is 5.10 Å².